The fourth-order valence-corrected chi connectivity index (χ4v) is 1.93. The average molecular weight is 290 g/mol. The molecule has 0 aliphatic heterocycles. The number of aromatic hydroxyl groups is 1. The Hall–Kier alpha value is -0.930. The summed E-state index contributed by atoms with van der Waals surface area (Å²) in [6.45, 7) is 4.51. The first-order valence-electron chi connectivity index (χ1n) is 5.82. The van der Waals surface area contributed by atoms with Gasteiger partial charge in [0.1, 0.15) is 5.75 Å². The smallest absolute Gasteiger partial charge is 0.254 e. The molecule has 0 saturated heterocycles. The molecule has 1 aromatic carbocycles. The van der Waals surface area contributed by atoms with Gasteiger partial charge >= 0.3 is 0 Å². The highest BCUT2D eigenvalue weighted by Gasteiger charge is 2.18. The number of hydrogen-bond donors (Lipinski definition) is 1. The molecule has 0 bridgehead atoms. The summed E-state index contributed by atoms with van der Waals surface area (Å²) >= 11 is 11.5. The Morgan fingerprint density at radius 2 is 2.11 bits per heavy atom. The van der Waals surface area contributed by atoms with Crippen LogP contribution in [0.3, 0.4) is 0 Å². The van der Waals surface area contributed by atoms with Crippen LogP contribution in [-0.2, 0) is 0 Å². The van der Waals surface area contributed by atoms with E-state index in [1.165, 1.54) is 12.1 Å². The maximum absolute atomic E-state index is 12.3. The Morgan fingerprint density at radius 1 is 1.44 bits per heavy atom. The lowest BCUT2D eigenvalue weighted by Gasteiger charge is -2.26. The molecule has 18 heavy (non-hydrogen) atoms. The number of amides is 1. The number of hydrogen-bond acceptors (Lipinski definition) is 2. The van der Waals surface area contributed by atoms with Gasteiger partial charge < -0.3 is 10.0 Å². The number of alkyl halides is 1. The van der Waals surface area contributed by atoms with E-state index in [4.69, 9.17) is 23.2 Å². The normalized spacial score (nSPS) is 10.7. The molecule has 0 atom stereocenters. The molecule has 1 N–H and O–H groups in total. The molecule has 0 fully saturated rings. The van der Waals surface area contributed by atoms with Crippen molar-refractivity contribution >= 4 is 29.1 Å². The summed E-state index contributed by atoms with van der Waals surface area (Å²) in [6.07, 6.45) is 0.747. The fourth-order valence-electron chi connectivity index (χ4n) is 1.63. The average Bonchev–Trinajstić information content (AvgIpc) is 2.32. The van der Waals surface area contributed by atoms with Gasteiger partial charge in [0, 0.05) is 24.0 Å². The third-order valence-corrected chi connectivity index (χ3v) is 3.18. The van der Waals surface area contributed by atoms with Crippen molar-refractivity contribution in [3.63, 3.8) is 0 Å². The van der Waals surface area contributed by atoms with Gasteiger partial charge in [0.15, 0.2) is 0 Å². The minimum absolute atomic E-state index is 0.0231. The van der Waals surface area contributed by atoms with Crippen LogP contribution in [0, 0.1) is 0 Å². The molecule has 0 heterocycles. The molecule has 0 unspecified atom stereocenters. The van der Waals surface area contributed by atoms with E-state index in [0.29, 0.717) is 18.0 Å². The Balaban J connectivity index is 2.91. The number of phenols is 1. The molecule has 1 amide bonds. The Bertz CT molecular complexity index is 421. The minimum Gasteiger partial charge on any atom is -0.506 e. The van der Waals surface area contributed by atoms with Crippen molar-refractivity contribution in [1.29, 1.82) is 0 Å². The van der Waals surface area contributed by atoms with Crippen LogP contribution in [0.1, 0.15) is 30.6 Å². The van der Waals surface area contributed by atoms with Crippen LogP contribution in [0.2, 0.25) is 5.02 Å². The predicted molar refractivity (Wildman–Crippen MR) is 74.6 cm³/mol. The third-order valence-electron chi connectivity index (χ3n) is 2.61. The van der Waals surface area contributed by atoms with Crippen LogP contribution in [0.15, 0.2) is 18.2 Å². The van der Waals surface area contributed by atoms with E-state index in [1.807, 2.05) is 13.8 Å². The van der Waals surface area contributed by atoms with Crippen LogP contribution in [0.25, 0.3) is 0 Å². The van der Waals surface area contributed by atoms with Crippen molar-refractivity contribution in [2.75, 3.05) is 12.4 Å². The quantitative estimate of drug-likeness (QED) is 0.843. The van der Waals surface area contributed by atoms with Gasteiger partial charge in [0.25, 0.3) is 5.91 Å². The first-order valence-corrected chi connectivity index (χ1v) is 6.74. The van der Waals surface area contributed by atoms with E-state index in [0.717, 1.165) is 6.42 Å². The summed E-state index contributed by atoms with van der Waals surface area (Å²) in [7, 11) is 0. The maximum Gasteiger partial charge on any atom is 0.254 e. The molecule has 0 spiro atoms. The molecule has 100 valence electrons. The molecule has 1 rings (SSSR count). The number of carbonyl (C=O) groups is 1. The molecule has 0 saturated carbocycles. The molecular formula is C13H17Cl2NO2. The molecule has 0 radical (unpaired) electrons. The zero-order valence-corrected chi connectivity index (χ0v) is 12.0. The summed E-state index contributed by atoms with van der Waals surface area (Å²) in [5.74, 6) is 0.398. The molecule has 0 aromatic heterocycles. The number of benzene rings is 1. The van der Waals surface area contributed by atoms with Crippen molar-refractivity contribution in [2.45, 2.75) is 26.3 Å². The van der Waals surface area contributed by atoms with Gasteiger partial charge in [-0.15, -0.1) is 11.6 Å². The van der Waals surface area contributed by atoms with Crippen molar-refractivity contribution < 1.29 is 9.90 Å². The standard InChI is InChI=1S/C13H17Cl2NO2/c1-9(2)16(7-3-6-14)13(18)10-4-5-12(17)11(15)8-10/h4-5,8-9,17H,3,6-7H2,1-2H3. The highest BCUT2D eigenvalue weighted by molar-refractivity contribution is 6.32. The molecule has 3 nitrogen and oxygen atoms in total. The summed E-state index contributed by atoms with van der Waals surface area (Å²) < 4.78 is 0. The SMILES string of the molecule is CC(C)N(CCCCl)C(=O)c1ccc(O)c(Cl)c1. The lowest BCUT2D eigenvalue weighted by Crippen LogP contribution is -2.37. The van der Waals surface area contributed by atoms with E-state index in [1.54, 1.807) is 11.0 Å². The minimum atomic E-state index is -0.1000. The largest absolute Gasteiger partial charge is 0.506 e. The van der Waals surface area contributed by atoms with Gasteiger partial charge in [0.05, 0.1) is 5.02 Å². The van der Waals surface area contributed by atoms with Crippen molar-refractivity contribution in [2.24, 2.45) is 0 Å². The lowest BCUT2D eigenvalue weighted by atomic mass is 10.1. The van der Waals surface area contributed by atoms with Gasteiger partial charge in [-0.25, -0.2) is 0 Å². The van der Waals surface area contributed by atoms with Crippen LogP contribution >= 0.6 is 23.2 Å². The molecule has 5 heteroatoms. The highest BCUT2D eigenvalue weighted by atomic mass is 35.5. The van der Waals surface area contributed by atoms with Gasteiger partial charge in [0.2, 0.25) is 0 Å². The van der Waals surface area contributed by atoms with Gasteiger partial charge in [-0.2, -0.15) is 0 Å². The number of nitrogens with zero attached hydrogens (tertiary/aromatic N) is 1. The first-order chi connectivity index (χ1) is 8.47. The van der Waals surface area contributed by atoms with Crippen LogP contribution in [0.5, 0.6) is 5.75 Å². The van der Waals surface area contributed by atoms with Crippen LogP contribution in [-0.4, -0.2) is 34.4 Å². The van der Waals surface area contributed by atoms with Crippen LogP contribution < -0.4 is 0 Å². The van der Waals surface area contributed by atoms with Crippen molar-refractivity contribution in [3.8, 4) is 5.75 Å². The van der Waals surface area contributed by atoms with E-state index >= 15 is 0 Å². The van der Waals surface area contributed by atoms with E-state index in [-0.39, 0.29) is 22.7 Å². The van der Waals surface area contributed by atoms with Gasteiger partial charge in [-0.1, -0.05) is 11.6 Å². The first kappa shape index (κ1) is 15.1. The zero-order valence-electron chi connectivity index (χ0n) is 10.5. The number of carbonyl (C=O) groups excluding carboxylic acids is 1. The van der Waals surface area contributed by atoms with E-state index in [9.17, 15) is 9.90 Å². The summed E-state index contributed by atoms with van der Waals surface area (Å²) in [4.78, 5) is 14.0. The van der Waals surface area contributed by atoms with Gasteiger partial charge in [-0.05, 0) is 38.5 Å². The Labute approximate surface area is 117 Å². The van der Waals surface area contributed by atoms with Crippen molar-refractivity contribution in [3.05, 3.63) is 28.8 Å². The Morgan fingerprint density at radius 3 is 2.61 bits per heavy atom. The molecule has 0 aliphatic rings. The zero-order chi connectivity index (χ0) is 13.7. The molecule has 1 aromatic rings. The fraction of sp³-hybridized carbons (Fsp3) is 0.462. The maximum atomic E-state index is 12.3. The summed E-state index contributed by atoms with van der Waals surface area (Å²) in [6, 6.07) is 4.57. The number of phenolic OH excluding ortho intramolecular Hbond substituents is 1. The predicted octanol–water partition coefficient (Wildman–Crippen LogP) is 3.53. The van der Waals surface area contributed by atoms with E-state index in [2.05, 4.69) is 0 Å². The summed E-state index contributed by atoms with van der Waals surface area (Å²) in [5, 5.41) is 9.52. The second-order valence-electron chi connectivity index (χ2n) is 4.30. The van der Waals surface area contributed by atoms with E-state index < -0.39 is 0 Å². The second-order valence-corrected chi connectivity index (χ2v) is 5.09. The molecular weight excluding hydrogens is 273 g/mol. The number of rotatable bonds is 5. The van der Waals surface area contributed by atoms with Crippen molar-refractivity contribution in [1.82, 2.24) is 4.90 Å². The number of halogens is 2. The topological polar surface area (TPSA) is 40.5 Å². The lowest BCUT2D eigenvalue weighted by molar-refractivity contribution is 0.0706. The third kappa shape index (κ3) is 3.79. The monoisotopic (exact) mass is 289 g/mol. The highest BCUT2D eigenvalue weighted by Crippen LogP contribution is 2.24. The van der Waals surface area contributed by atoms with Gasteiger partial charge in [-0.3, -0.25) is 4.79 Å². The molecule has 0 aliphatic carbocycles. The summed E-state index contributed by atoms with van der Waals surface area (Å²) in [5.41, 5.74) is 0.473. The Kier molecular flexibility index (Phi) is 5.76. The van der Waals surface area contributed by atoms with Crippen LogP contribution in [0.4, 0.5) is 0 Å². The second kappa shape index (κ2) is 6.86.